The lowest BCUT2D eigenvalue weighted by molar-refractivity contribution is -0.120. The average molecular weight is 371 g/mol. The van der Waals surface area contributed by atoms with Crippen molar-refractivity contribution in [1.29, 1.82) is 0 Å². The molecule has 0 aromatic heterocycles. The van der Waals surface area contributed by atoms with Crippen LogP contribution >= 0.6 is 15.9 Å². The van der Waals surface area contributed by atoms with E-state index < -0.39 is 0 Å². The van der Waals surface area contributed by atoms with Crippen molar-refractivity contribution < 1.29 is 14.3 Å². The topological polar surface area (TPSA) is 67.4 Å². The van der Waals surface area contributed by atoms with E-state index in [2.05, 4.69) is 26.6 Å². The molecule has 0 fully saturated rings. The number of hydrogen-bond acceptors (Lipinski definition) is 3. The Bertz CT molecular complexity index is 494. The second-order valence-corrected chi connectivity index (χ2v) is 5.91. The predicted octanol–water partition coefficient (Wildman–Crippen LogP) is 3.09. The molecule has 1 aromatic carbocycles. The summed E-state index contributed by atoms with van der Waals surface area (Å²) in [7, 11) is 0. The van der Waals surface area contributed by atoms with Gasteiger partial charge >= 0.3 is 0 Å². The van der Waals surface area contributed by atoms with Crippen LogP contribution in [0.2, 0.25) is 0 Å². The van der Waals surface area contributed by atoms with Crippen LogP contribution in [-0.2, 0) is 9.59 Å². The van der Waals surface area contributed by atoms with Crippen LogP contribution in [0.25, 0.3) is 0 Å². The van der Waals surface area contributed by atoms with Crippen LogP contribution in [0.1, 0.15) is 33.1 Å². The highest BCUT2D eigenvalue weighted by Gasteiger charge is 2.13. The summed E-state index contributed by atoms with van der Waals surface area (Å²) in [6, 6.07) is 7.23. The Hall–Kier alpha value is -1.56. The summed E-state index contributed by atoms with van der Waals surface area (Å²) in [4.78, 5) is 23.3. The van der Waals surface area contributed by atoms with Gasteiger partial charge in [0.05, 0.1) is 11.4 Å². The molecule has 1 rings (SSSR count). The zero-order valence-corrected chi connectivity index (χ0v) is 14.6. The summed E-state index contributed by atoms with van der Waals surface area (Å²) >= 11 is 3.32. The maximum atomic E-state index is 11.8. The number of alkyl halides is 1. The number of nitrogens with one attached hydrogen (secondary N) is 2. The third-order valence-electron chi connectivity index (χ3n) is 2.91. The number of benzene rings is 1. The smallest absolute Gasteiger partial charge is 0.233 e. The minimum Gasteiger partial charge on any atom is -0.494 e. The van der Waals surface area contributed by atoms with Gasteiger partial charge in [-0.25, -0.2) is 0 Å². The normalized spacial score (nSPS) is 11.6. The van der Waals surface area contributed by atoms with Crippen molar-refractivity contribution in [3.05, 3.63) is 24.3 Å². The van der Waals surface area contributed by atoms with Gasteiger partial charge in [-0.3, -0.25) is 9.59 Å². The summed E-state index contributed by atoms with van der Waals surface area (Å²) in [5, 5.41) is 5.53. The van der Waals surface area contributed by atoms with Gasteiger partial charge < -0.3 is 15.4 Å². The molecule has 0 saturated carbocycles. The lowest BCUT2D eigenvalue weighted by atomic mass is 10.2. The summed E-state index contributed by atoms with van der Waals surface area (Å²) < 4.78 is 5.38. The maximum Gasteiger partial charge on any atom is 0.233 e. The Morgan fingerprint density at radius 2 is 2.09 bits per heavy atom. The minimum atomic E-state index is -0.191. The van der Waals surface area contributed by atoms with Crippen molar-refractivity contribution in [1.82, 2.24) is 5.32 Å². The lowest BCUT2D eigenvalue weighted by Gasteiger charge is -2.10. The molecule has 0 spiro atoms. The molecule has 0 aliphatic heterocycles. The Morgan fingerprint density at radius 1 is 1.32 bits per heavy atom. The van der Waals surface area contributed by atoms with Gasteiger partial charge in [-0.05, 0) is 25.5 Å². The largest absolute Gasteiger partial charge is 0.494 e. The first-order chi connectivity index (χ1) is 10.6. The maximum absolute atomic E-state index is 11.8. The van der Waals surface area contributed by atoms with E-state index in [1.165, 1.54) is 0 Å². The number of carbonyl (C=O) groups is 2. The predicted molar refractivity (Wildman–Crippen MR) is 91.5 cm³/mol. The van der Waals surface area contributed by atoms with Crippen LogP contribution in [0, 0.1) is 0 Å². The molecule has 0 aliphatic carbocycles. The number of ether oxygens (including phenoxy) is 1. The summed E-state index contributed by atoms with van der Waals surface area (Å²) in [6.07, 6.45) is 1.94. The lowest BCUT2D eigenvalue weighted by Crippen LogP contribution is -2.33. The molecule has 1 aromatic rings. The van der Waals surface area contributed by atoms with Crippen LogP contribution in [0.15, 0.2) is 24.3 Å². The van der Waals surface area contributed by atoms with E-state index in [0.717, 1.165) is 18.6 Å². The molecular formula is C16H23BrN2O3. The molecule has 122 valence electrons. The Kier molecular flexibility index (Phi) is 8.58. The number of halogens is 1. The van der Waals surface area contributed by atoms with Gasteiger partial charge in [-0.1, -0.05) is 35.3 Å². The molecular weight excluding hydrogens is 348 g/mol. The zero-order chi connectivity index (χ0) is 16.4. The summed E-state index contributed by atoms with van der Waals surface area (Å²) in [6.45, 7) is 4.82. The molecule has 0 saturated heterocycles. The van der Waals surface area contributed by atoms with E-state index in [0.29, 0.717) is 18.8 Å². The summed E-state index contributed by atoms with van der Waals surface area (Å²) in [5.74, 6) is 0.499. The van der Waals surface area contributed by atoms with Gasteiger partial charge in [-0.2, -0.15) is 0 Å². The van der Waals surface area contributed by atoms with Crippen molar-refractivity contribution in [3.8, 4) is 5.75 Å². The van der Waals surface area contributed by atoms with Crippen LogP contribution in [-0.4, -0.2) is 29.8 Å². The van der Waals surface area contributed by atoms with Crippen molar-refractivity contribution in [2.45, 2.75) is 37.9 Å². The third-order valence-corrected chi connectivity index (χ3v) is 3.78. The van der Waals surface area contributed by atoms with Crippen LogP contribution < -0.4 is 15.4 Å². The Labute approximate surface area is 139 Å². The highest BCUT2D eigenvalue weighted by Crippen LogP contribution is 2.17. The fraction of sp³-hybridized carbons (Fsp3) is 0.500. The van der Waals surface area contributed by atoms with E-state index in [1.807, 2.05) is 26.0 Å². The molecule has 2 N–H and O–H groups in total. The standard InChI is InChI=1S/C16H23BrN2O3/c1-3-6-14(17)16(21)18-10-9-15(20)19-12-7-5-8-13(11-12)22-4-2/h5,7-8,11,14H,3-4,6,9-10H2,1-2H3,(H,18,21)(H,19,20). The second kappa shape index (κ2) is 10.2. The van der Waals surface area contributed by atoms with Gasteiger partial charge in [-0.15, -0.1) is 0 Å². The number of carbonyl (C=O) groups excluding carboxylic acids is 2. The monoisotopic (exact) mass is 370 g/mol. The fourth-order valence-corrected chi connectivity index (χ4v) is 2.47. The number of rotatable bonds is 9. The molecule has 0 radical (unpaired) electrons. The molecule has 1 atom stereocenters. The Morgan fingerprint density at radius 3 is 2.77 bits per heavy atom. The average Bonchev–Trinajstić information content (AvgIpc) is 2.48. The molecule has 6 heteroatoms. The zero-order valence-electron chi connectivity index (χ0n) is 13.0. The first kappa shape index (κ1) is 18.5. The number of anilines is 1. The number of amides is 2. The van der Waals surface area contributed by atoms with E-state index in [9.17, 15) is 9.59 Å². The van der Waals surface area contributed by atoms with Crippen molar-refractivity contribution >= 4 is 33.4 Å². The molecule has 22 heavy (non-hydrogen) atoms. The highest BCUT2D eigenvalue weighted by molar-refractivity contribution is 9.10. The summed E-state index contributed by atoms with van der Waals surface area (Å²) in [5.41, 5.74) is 0.687. The third kappa shape index (κ3) is 6.93. The van der Waals surface area contributed by atoms with E-state index >= 15 is 0 Å². The first-order valence-corrected chi connectivity index (χ1v) is 8.42. The Balaban J connectivity index is 2.34. The van der Waals surface area contributed by atoms with Crippen molar-refractivity contribution in [2.75, 3.05) is 18.5 Å². The van der Waals surface area contributed by atoms with Crippen LogP contribution in [0.3, 0.4) is 0 Å². The van der Waals surface area contributed by atoms with Crippen molar-refractivity contribution in [2.24, 2.45) is 0 Å². The number of hydrogen-bond donors (Lipinski definition) is 2. The molecule has 0 heterocycles. The fourth-order valence-electron chi connectivity index (χ4n) is 1.85. The molecule has 0 aliphatic rings. The van der Waals surface area contributed by atoms with Gasteiger partial charge in [0.15, 0.2) is 0 Å². The SMILES string of the molecule is CCCC(Br)C(=O)NCCC(=O)Nc1cccc(OCC)c1. The quantitative estimate of drug-likeness (QED) is 0.656. The molecule has 0 bridgehead atoms. The van der Waals surface area contributed by atoms with E-state index in [4.69, 9.17) is 4.74 Å². The minimum absolute atomic E-state index is 0.0759. The van der Waals surface area contributed by atoms with Crippen LogP contribution in [0.4, 0.5) is 5.69 Å². The molecule has 5 nitrogen and oxygen atoms in total. The first-order valence-electron chi connectivity index (χ1n) is 7.51. The van der Waals surface area contributed by atoms with Crippen LogP contribution in [0.5, 0.6) is 5.75 Å². The van der Waals surface area contributed by atoms with Gasteiger partial charge in [0.25, 0.3) is 0 Å². The molecule has 1 unspecified atom stereocenters. The van der Waals surface area contributed by atoms with Gasteiger partial charge in [0.1, 0.15) is 5.75 Å². The van der Waals surface area contributed by atoms with Gasteiger partial charge in [0, 0.05) is 24.7 Å². The molecule has 2 amide bonds. The van der Waals surface area contributed by atoms with E-state index in [1.54, 1.807) is 12.1 Å². The van der Waals surface area contributed by atoms with E-state index in [-0.39, 0.29) is 23.1 Å². The van der Waals surface area contributed by atoms with Gasteiger partial charge in [0.2, 0.25) is 11.8 Å². The van der Waals surface area contributed by atoms with Crippen molar-refractivity contribution in [3.63, 3.8) is 0 Å². The highest BCUT2D eigenvalue weighted by atomic mass is 79.9. The second-order valence-electron chi connectivity index (χ2n) is 4.81.